The average molecular weight is 269 g/mol. The molecule has 0 aliphatic rings. The molecule has 0 aliphatic heterocycles. The second kappa shape index (κ2) is 5.21. The number of hydrogen-bond donors (Lipinski definition) is 0. The standard InChI is InChI=1S/C12H9ClO3S/c1-15-12(14)16-11-10(6-7-17-11)8-2-4-9(13)5-3-8/h2-7H,1H3. The van der Waals surface area contributed by atoms with Gasteiger partial charge in [-0.05, 0) is 29.1 Å². The Kier molecular flexibility index (Phi) is 3.66. The molecule has 0 saturated heterocycles. The van der Waals surface area contributed by atoms with Gasteiger partial charge in [-0.15, -0.1) is 11.3 Å². The molecule has 0 atom stereocenters. The summed E-state index contributed by atoms with van der Waals surface area (Å²) < 4.78 is 9.50. The van der Waals surface area contributed by atoms with Gasteiger partial charge in [0.2, 0.25) is 0 Å². The smallest absolute Gasteiger partial charge is 0.437 e. The topological polar surface area (TPSA) is 35.5 Å². The van der Waals surface area contributed by atoms with Crippen LogP contribution < -0.4 is 4.74 Å². The molecule has 2 aromatic rings. The van der Waals surface area contributed by atoms with E-state index in [1.165, 1.54) is 18.4 Å². The van der Waals surface area contributed by atoms with Crippen molar-refractivity contribution in [1.29, 1.82) is 0 Å². The predicted molar refractivity (Wildman–Crippen MR) is 67.8 cm³/mol. The average Bonchev–Trinajstić information content (AvgIpc) is 2.78. The second-order valence-electron chi connectivity index (χ2n) is 3.18. The first-order valence-corrected chi connectivity index (χ1v) is 6.05. The fourth-order valence-electron chi connectivity index (χ4n) is 1.34. The number of ether oxygens (including phenoxy) is 2. The van der Waals surface area contributed by atoms with Crippen LogP contribution in [0.3, 0.4) is 0 Å². The molecule has 1 heterocycles. The highest BCUT2D eigenvalue weighted by Crippen LogP contribution is 2.35. The van der Waals surface area contributed by atoms with Gasteiger partial charge >= 0.3 is 6.16 Å². The molecule has 0 N–H and O–H groups in total. The van der Waals surface area contributed by atoms with Crippen LogP contribution in [0.4, 0.5) is 4.79 Å². The van der Waals surface area contributed by atoms with Crippen molar-refractivity contribution < 1.29 is 14.3 Å². The zero-order valence-electron chi connectivity index (χ0n) is 8.98. The summed E-state index contributed by atoms with van der Waals surface area (Å²) in [5, 5.41) is 3.03. The van der Waals surface area contributed by atoms with Gasteiger partial charge in [-0.1, -0.05) is 23.7 Å². The fourth-order valence-corrected chi connectivity index (χ4v) is 2.22. The third-order valence-electron chi connectivity index (χ3n) is 2.13. The van der Waals surface area contributed by atoms with E-state index >= 15 is 0 Å². The summed E-state index contributed by atoms with van der Waals surface area (Å²) in [5.74, 6) is 0. The van der Waals surface area contributed by atoms with Gasteiger partial charge in [0.25, 0.3) is 0 Å². The van der Waals surface area contributed by atoms with E-state index < -0.39 is 6.16 Å². The molecule has 88 valence electrons. The van der Waals surface area contributed by atoms with Gasteiger partial charge in [-0.3, -0.25) is 0 Å². The van der Waals surface area contributed by atoms with E-state index in [-0.39, 0.29) is 0 Å². The zero-order chi connectivity index (χ0) is 12.3. The quantitative estimate of drug-likeness (QED) is 0.765. The summed E-state index contributed by atoms with van der Waals surface area (Å²) in [4.78, 5) is 11.1. The molecule has 5 heteroatoms. The lowest BCUT2D eigenvalue weighted by molar-refractivity contribution is 0.123. The van der Waals surface area contributed by atoms with Gasteiger partial charge in [-0.2, -0.15) is 0 Å². The maximum atomic E-state index is 11.1. The molecule has 0 saturated carbocycles. The van der Waals surface area contributed by atoms with Crippen LogP contribution in [0.5, 0.6) is 5.06 Å². The maximum Gasteiger partial charge on any atom is 0.514 e. The van der Waals surface area contributed by atoms with E-state index in [9.17, 15) is 4.79 Å². The molecule has 0 aliphatic carbocycles. The highest BCUT2D eigenvalue weighted by atomic mass is 35.5. The molecule has 0 unspecified atom stereocenters. The van der Waals surface area contributed by atoms with Crippen LogP contribution in [0.25, 0.3) is 11.1 Å². The Morgan fingerprint density at radius 2 is 1.94 bits per heavy atom. The SMILES string of the molecule is COC(=O)Oc1sccc1-c1ccc(Cl)cc1. The third-order valence-corrected chi connectivity index (χ3v) is 3.17. The minimum absolute atomic E-state index is 0.513. The molecule has 3 nitrogen and oxygen atoms in total. The predicted octanol–water partition coefficient (Wildman–Crippen LogP) is 4.21. The van der Waals surface area contributed by atoms with Crippen LogP contribution in [0.1, 0.15) is 0 Å². The van der Waals surface area contributed by atoms with E-state index in [0.29, 0.717) is 10.1 Å². The van der Waals surface area contributed by atoms with Crippen molar-refractivity contribution in [2.75, 3.05) is 7.11 Å². The Bertz CT molecular complexity index is 519. The number of thiophene rings is 1. The summed E-state index contributed by atoms with van der Waals surface area (Å²) in [5.41, 5.74) is 1.78. The van der Waals surface area contributed by atoms with Crippen molar-refractivity contribution in [3.63, 3.8) is 0 Å². The monoisotopic (exact) mass is 268 g/mol. The summed E-state index contributed by atoms with van der Waals surface area (Å²) >= 11 is 7.15. The molecule has 0 bridgehead atoms. The number of methoxy groups -OCH3 is 1. The number of carbonyl (C=O) groups is 1. The van der Waals surface area contributed by atoms with Crippen LogP contribution in [-0.2, 0) is 4.74 Å². The molecule has 1 aromatic heterocycles. The van der Waals surface area contributed by atoms with Crippen molar-refractivity contribution in [1.82, 2.24) is 0 Å². The molecule has 0 amide bonds. The van der Waals surface area contributed by atoms with Crippen molar-refractivity contribution in [3.8, 4) is 16.2 Å². The first-order valence-electron chi connectivity index (χ1n) is 4.80. The van der Waals surface area contributed by atoms with Gasteiger partial charge in [-0.25, -0.2) is 4.79 Å². The van der Waals surface area contributed by atoms with Gasteiger partial charge in [0.05, 0.1) is 7.11 Å². The maximum absolute atomic E-state index is 11.1. The fraction of sp³-hybridized carbons (Fsp3) is 0.0833. The Balaban J connectivity index is 2.30. The van der Waals surface area contributed by atoms with E-state index in [0.717, 1.165) is 11.1 Å². The van der Waals surface area contributed by atoms with Gasteiger partial charge in [0.15, 0.2) is 5.06 Å². The molecule has 2 rings (SSSR count). The first kappa shape index (κ1) is 12.0. The molecule has 17 heavy (non-hydrogen) atoms. The Morgan fingerprint density at radius 3 is 2.59 bits per heavy atom. The number of hydrogen-bond acceptors (Lipinski definition) is 4. The highest BCUT2D eigenvalue weighted by molar-refractivity contribution is 7.12. The van der Waals surface area contributed by atoms with Gasteiger partial charge < -0.3 is 9.47 Å². The summed E-state index contributed by atoms with van der Waals surface area (Å²) in [6.45, 7) is 0. The molecule has 0 spiro atoms. The number of benzene rings is 1. The Labute approximate surface area is 108 Å². The molecular weight excluding hydrogens is 260 g/mol. The lowest BCUT2D eigenvalue weighted by atomic mass is 10.1. The number of halogens is 1. The number of rotatable bonds is 2. The molecular formula is C12H9ClO3S. The third kappa shape index (κ3) is 2.78. The van der Waals surface area contributed by atoms with Crippen LogP contribution in [0, 0.1) is 0 Å². The summed E-state index contributed by atoms with van der Waals surface area (Å²) in [6.07, 6.45) is -0.720. The Morgan fingerprint density at radius 1 is 1.24 bits per heavy atom. The van der Waals surface area contributed by atoms with Crippen molar-refractivity contribution in [3.05, 3.63) is 40.7 Å². The first-order chi connectivity index (χ1) is 8.20. The van der Waals surface area contributed by atoms with Crippen molar-refractivity contribution in [2.45, 2.75) is 0 Å². The highest BCUT2D eigenvalue weighted by Gasteiger charge is 2.12. The van der Waals surface area contributed by atoms with E-state index in [1.807, 2.05) is 23.6 Å². The van der Waals surface area contributed by atoms with Crippen LogP contribution in [-0.4, -0.2) is 13.3 Å². The van der Waals surface area contributed by atoms with Crippen LogP contribution >= 0.6 is 22.9 Å². The van der Waals surface area contributed by atoms with Crippen LogP contribution in [0.15, 0.2) is 35.7 Å². The zero-order valence-corrected chi connectivity index (χ0v) is 10.5. The molecule has 0 radical (unpaired) electrons. The van der Waals surface area contributed by atoms with E-state index in [4.69, 9.17) is 16.3 Å². The Hall–Kier alpha value is -1.52. The number of carbonyl (C=O) groups excluding carboxylic acids is 1. The van der Waals surface area contributed by atoms with Crippen molar-refractivity contribution in [2.24, 2.45) is 0 Å². The lowest BCUT2D eigenvalue weighted by Crippen LogP contribution is -2.06. The normalized spacial score (nSPS) is 10.0. The summed E-state index contributed by atoms with van der Waals surface area (Å²) in [7, 11) is 1.28. The summed E-state index contributed by atoms with van der Waals surface area (Å²) in [6, 6.07) is 9.20. The largest absolute Gasteiger partial charge is 0.514 e. The lowest BCUT2D eigenvalue weighted by Gasteiger charge is -2.04. The molecule has 1 aromatic carbocycles. The minimum atomic E-state index is -0.720. The second-order valence-corrected chi connectivity index (χ2v) is 4.50. The van der Waals surface area contributed by atoms with Gasteiger partial charge in [0, 0.05) is 10.6 Å². The van der Waals surface area contributed by atoms with E-state index in [1.54, 1.807) is 12.1 Å². The van der Waals surface area contributed by atoms with Crippen LogP contribution in [0.2, 0.25) is 5.02 Å². The van der Waals surface area contributed by atoms with E-state index in [2.05, 4.69) is 4.74 Å². The minimum Gasteiger partial charge on any atom is -0.437 e. The van der Waals surface area contributed by atoms with Crippen molar-refractivity contribution >= 4 is 29.1 Å². The van der Waals surface area contributed by atoms with Gasteiger partial charge in [0.1, 0.15) is 0 Å². The molecule has 0 fully saturated rings.